The average Bonchev–Trinajstić information content (AvgIpc) is 2.88. The SMILES string of the molecule is CCC1(C)C(/C=C/c2ccc(N(C)C)cc2OC)=[N+](C)c2ccccc21. The van der Waals surface area contributed by atoms with Crippen molar-refractivity contribution in [3.8, 4) is 5.75 Å². The van der Waals surface area contributed by atoms with Gasteiger partial charge in [0, 0.05) is 49.1 Å². The van der Waals surface area contributed by atoms with Gasteiger partial charge < -0.3 is 9.64 Å². The molecule has 0 N–H and O–H groups in total. The maximum absolute atomic E-state index is 5.62. The first-order valence-corrected chi connectivity index (χ1v) is 9.16. The van der Waals surface area contributed by atoms with Gasteiger partial charge in [-0.3, -0.25) is 0 Å². The van der Waals surface area contributed by atoms with Crippen molar-refractivity contribution in [2.75, 3.05) is 33.2 Å². The molecule has 1 heterocycles. The number of methoxy groups -OCH3 is 1. The van der Waals surface area contributed by atoms with E-state index in [4.69, 9.17) is 4.74 Å². The molecule has 0 saturated heterocycles. The Balaban J connectivity index is 2.02. The fraction of sp³-hybridized carbons (Fsp3) is 0.348. The summed E-state index contributed by atoms with van der Waals surface area (Å²) in [6, 6.07) is 15.0. The minimum atomic E-state index is 0.0264. The molecule has 2 aromatic rings. The molecule has 0 radical (unpaired) electrons. The molecule has 1 aliphatic heterocycles. The molecule has 1 aliphatic rings. The van der Waals surface area contributed by atoms with Gasteiger partial charge in [0.2, 0.25) is 5.69 Å². The number of hydrogen-bond acceptors (Lipinski definition) is 2. The van der Waals surface area contributed by atoms with E-state index in [1.165, 1.54) is 17.0 Å². The molecule has 0 bridgehead atoms. The predicted molar refractivity (Wildman–Crippen MR) is 111 cm³/mol. The van der Waals surface area contributed by atoms with Crippen LogP contribution in [0.2, 0.25) is 0 Å². The first kappa shape index (κ1) is 18.2. The van der Waals surface area contributed by atoms with E-state index in [0.717, 1.165) is 23.4 Å². The Kier molecular flexibility index (Phi) is 4.90. The van der Waals surface area contributed by atoms with Crippen LogP contribution in [0.15, 0.2) is 48.5 Å². The molecular weight excluding hydrogens is 320 g/mol. The summed E-state index contributed by atoms with van der Waals surface area (Å²) in [5.74, 6) is 0.893. The zero-order chi connectivity index (χ0) is 18.9. The lowest BCUT2D eigenvalue weighted by Crippen LogP contribution is -2.29. The molecule has 0 aromatic heterocycles. The van der Waals surface area contributed by atoms with Crippen LogP contribution in [0.25, 0.3) is 6.08 Å². The van der Waals surface area contributed by atoms with Gasteiger partial charge in [0.25, 0.3) is 0 Å². The summed E-state index contributed by atoms with van der Waals surface area (Å²) in [6.07, 6.45) is 5.48. The second kappa shape index (κ2) is 6.99. The zero-order valence-corrected chi connectivity index (χ0v) is 16.7. The normalized spacial score (nSPS) is 19.2. The fourth-order valence-electron chi connectivity index (χ4n) is 3.82. The highest BCUT2D eigenvalue weighted by Crippen LogP contribution is 2.41. The van der Waals surface area contributed by atoms with E-state index in [1.54, 1.807) is 7.11 Å². The van der Waals surface area contributed by atoms with Gasteiger partial charge in [0.05, 0.1) is 12.5 Å². The Bertz CT molecular complexity index is 880. The molecule has 3 heteroatoms. The van der Waals surface area contributed by atoms with Crippen molar-refractivity contribution < 1.29 is 9.31 Å². The van der Waals surface area contributed by atoms with E-state index in [1.807, 2.05) is 14.1 Å². The molecule has 3 nitrogen and oxygen atoms in total. The molecule has 0 aliphatic carbocycles. The molecule has 2 aromatic carbocycles. The summed E-state index contributed by atoms with van der Waals surface area (Å²) in [5.41, 5.74) is 6.27. The third-order valence-corrected chi connectivity index (χ3v) is 5.65. The number of benzene rings is 2. The summed E-state index contributed by atoms with van der Waals surface area (Å²) < 4.78 is 7.93. The molecule has 0 amide bonds. The van der Waals surface area contributed by atoms with Crippen LogP contribution in [-0.4, -0.2) is 38.5 Å². The number of fused-ring (bicyclic) bond motifs is 1. The number of ether oxygens (including phenoxy) is 1. The van der Waals surface area contributed by atoms with Crippen LogP contribution in [0.3, 0.4) is 0 Å². The topological polar surface area (TPSA) is 15.5 Å². The lowest BCUT2D eigenvalue weighted by atomic mass is 9.77. The Labute approximate surface area is 157 Å². The first-order chi connectivity index (χ1) is 12.4. The average molecular weight is 349 g/mol. The molecule has 136 valence electrons. The van der Waals surface area contributed by atoms with Gasteiger partial charge in [-0.1, -0.05) is 25.1 Å². The summed E-state index contributed by atoms with van der Waals surface area (Å²) in [6.45, 7) is 4.59. The first-order valence-electron chi connectivity index (χ1n) is 9.16. The van der Waals surface area contributed by atoms with Gasteiger partial charge in [-0.05, 0) is 31.6 Å². The number of anilines is 1. The Morgan fingerprint density at radius 1 is 1.12 bits per heavy atom. The number of allylic oxidation sites excluding steroid dienone is 1. The van der Waals surface area contributed by atoms with E-state index in [-0.39, 0.29) is 5.41 Å². The standard InChI is InChI=1S/C23H29N2O/c1-7-23(2)19-10-8-9-11-20(19)25(5)22(23)15-13-17-12-14-18(24(3)4)16-21(17)26-6/h8-16H,7H2,1-6H3/q+1. The van der Waals surface area contributed by atoms with Gasteiger partial charge in [-0.2, -0.15) is 4.58 Å². The summed E-state index contributed by atoms with van der Waals surface area (Å²) in [5, 5.41) is 0. The van der Waals surface area contributed by atoms with Crippen molar-refractivity contribution in [3.63, 3.8) is 0 Å². The van der Waals surface area contributed by atoms with Crippen LogP contribution in [0, 0.1) is 0 Å². The molecule has 26 heavy (non-hydrogen) atoms. The largest absolute Gasteiger partial charge is 0.496 e. The van der Waals surface area contributed by atoms with Crippen molar-refractivity contribution in [1.82, 2.24) is 0 Å². The van der Waals surface area contributed by atoms with Gasteiger partial charge in [0.1, 0.15) is 12.8 Å². The molecule has 0 spiro atoms. The van der Waals surface area contributed by atoms with Gasteiger partial charge in [-0.15, -0.1) is 0 Å². The number of rotatable bonds is 5. The van der Waals surface area contributed by atoms with Crippen LogP contribution in [0.5, 0.6) is 5.75 Å². The van der Waals surface area contributed by atoms with Crippen molar-refractivity contribution in [3.05, 3.63) is 59.7 Å². The third kappa shape index (κ3) is 2.92. The highest BCUT2D eigenvalue weighted by molar-refractivity contribution is 6.05. The smallest absolute Gasteiger partial charge is 0.209 e. The van der Waals surface area contributed by atoms with Crippen molar-refractivity contribution in [2.24, 2.45) is 0 Å². The van der Waals surface area contributed by atoms with Crippen molar-refractivity contribution in [1.29, 1.82) is 0 Å². The van der Waals surface area contributed by atoms with Crippen LogP contribution in [-0.2, 0) is 5.41 Å². The molecule has 1 unspecified atom stereocenters. The summed E-state index contributed by atoms with van der Waals surface area (Å²) in [4.78, 5) is 2.08. The quantitative estimate of drug-likeness (QED) is 0.716. The molecular formula is C23H29N2O+. The highest BCUT2D eigenvalue weighted by atomic mass is 16.5. The summed E-state index contributed by atoms with van der Waals surface area (Å²) >= 11 is 0. The fourth-order valence-corrected chi connectivity index (χ4v) is 3.82. The van der Waals surface area contributed by atoms with Crippen molar-refractivity contribution >= 4 is 23.2 Å². The number of nitrogens with zero attached hydrogens (tertiary/aromatic N) is 2. The van der Waals surface area contributed by atoms with E-state index < -0.39 is 0 Å². The second-order valence-corrected chi connectivity index (χ2v) is 7.30. The minimum Gasteiger partial charge on any atom is -0.496 e. The Hall–Kier alpha value is -2.55. The van der Waals surface area contributed by atoms with Gasteiger partial charge in [0.15, 0.2) is 5.71 Å². The monoisotopic (exact) mass is 349 g/mol. The number of para-hydroxylation sites is 1. The van der Waals surface area contributed by atoms with Crippen LogP contribution in [0.4, 0.5) is 11.4 Å². The van der Waals surface area contributed by atoms with Gasteiger partial charge in [-0.25, -0.2) is 0 Å². The lowest BCUT2D eigenvalue weighted by molar-refractivity contribution is -0.401. The van der Waals surface area contributed by atoms with E-state index in [0.29, 0.717) is 0 Å². The zero-order valence-electron chi connectivity index (χ0n) is 16.7. The van der Waals surface area contributed by atoms with Crippen LogP contribution >= 0.6 is 0 Å². The summed E-state index contributed by atoms with van der Waals surface area (Å²) in [7, 11) is 7.97. The molecule has 3 rings (SSSR count). The van der Waals surface area contributed by atoms with Gasteiger partial charge >= 0.3 is 0 Å². The lowest BCUT2D eigenvalue weighted by Gasteiger charge is -2.20. The highest BCUT2D eigenvalue weighted by Gasteiger charge is 2.44. The van der Waals surface area contributed by atoms with E-state index >= 15 is 0 Å². The third-order valence-electron chi connectivity index (χ3n) is 5.65. The second-order valence-electron chi connectivity index (χ2n) is 7.30. The molecule has 0 saturated carbocycles. The Morgan fingerprint density at radius 3 is 2.50 bits per heavy atom. The molecule has 1 atom stereocenters. The van der Waals surface area contributed by atoms with E-state index in [2.05, 4.69) is 85.0 Å². The minimum absolute atomic E-state index is 0.0264. The maximum atomic E-state index is 5.62. The Morgan fingerprint density at radius 2 is 1.85 bits per heavy atom. The predicted octanol–water partition coefficient (Wildman–Crippen LogP) is 4.87. The van der Waals surface area contributed by atoms with E-state index in [9.17, 15) is 0 Å². The number of hydrogen-bond donors (Lipinski definition) is 0. The van der Waals surface area contributed by atoms with Crippen molar-refractivity contribution in [2.45, 2.75) is 25.7 Å². The van der Waals surface area contributed by atoms with Crippen LogP contribution in [0.1, 0.15) is 31.4 Å². The van der Waals surface area contributed by atoms with Crippen LogP contribution < -0.4 is 9.64 Å². The molecule has 0 fully saturated rings. The maximum Gasteiger partial charge on any atom is 0.209 e.